The Kier molecular flexibility index (Phi) is 4.61. The van der Waals surface area contributed by atoms with E-state index < -0.39 is 5.41 Å². The molecule has 3 N–H and O–H groups in total. The Hall–Kier alpha value is -1.38. The molecule has 1 spiro atoms. The summed E-state index contributed by atoms with van der Waals surface area (Å²) >= 11 is 0. The fraction of sp³-hybridized carbons (Fsp3) is 0.867. The maximum atomic E-state index is 13.2. The average molecular weight is 482 g/mol. The number of aliphatic hydroxyl groups is 1. The summed E-state index contributed by atoms with van der Waals surface area (Å²) in [5.41, 5.74) is 2.94. The zero-order valence-electron chi connectivity index (χ0n) is 22.6. The highest BCUT2D eigenvalue weighted by Gasteiger charge is 2.84. The number of rotatable bonds is 1. The molecule has 5 heteroatoms. The van der Waals surface area contributed by atoms with Gasteiger partial charge in [0.2, 0.25) is 11.3 Å². The number of nitrogens with zero attached hydrogens (tertiary/aromatic N) is 1. The van der Waals surface area contributed by atoms with Crippen LogP contribution in [0.2, 0.25) is 0 Å². The van der Waals surface area contributed by atoms with Crippen molar-refractivity contribution in [1.82, 2.24) is 5.48 Å². The predicted molar refractivity (Wildman–Crippen MR) is 136 cm³/mol. The van der Waals surface area contributed by atoms with Gasteiger partial charge in [-0.3, -0.25) is 10.0 Å². The quantitative estimate of drug-likeness (QED) is 0.241. The lowest BCUT2D eigenvalue weighted by molar-refractivity contribution is -0.201. The molecule has 35 heavy (non-hydrogen) atoms. The van der Waals surface area contributed by atoms with Gasteiger partial charge in [0.05, 0.1) is 16.9 Å². The monoisotopic (exact) mass is 481 g/mol. The highest BCUT2D eigenvalue weighted by atomic mass is 16.5. The standard InChI is InChI=1S/C30H44N2O3/c1-24(2)11-14-29(23(34)32-35)15-12-25(3)19(20(29)17-24)7-8-21-26(25,4)13-16-30-27(21,5)10-9-22(33)28(30,6)18-31-30/h7,20-22,33H,8-17H2,1-6H3,(H-,32,34,35)/p+1/t20-,21-,22-,25+,26+,27+,28+,29-,30-/m0/s1. The second-order valence-corrected chi connectivity index (χ2v) is 15.0. The summed E-state index contributed by atoms with van der Waals surface area (Å²) in [6.45, 7) is 14.4. The molecule has 4 saturated carbocycles. The van der Waals surface area contributed by atoms with Crippen LogP contribution in [0.3, 0.4) is 0 Å². The van der Waals surface area contributed by atoms with Crippen LogP contribution in [-0.4, -0.2) is 27.9 Å². The molecule has 5 aliphatic carbocycles. The number of hydroxylamine groups is 1. The van der Waals surface area contributed by atoms with Crippen molar-refractivity contribution in [3.63, 3.8) is 0 Å². The number of hydrogen-bond donors (Lipinski definition) is 3. The van der Waals surface area contributed by atoms with E-state index in [2.05, 4.69) is 59.2 Å². The van der Waals surface area contributed by atoms with E-state index in [0.29, 0.717) is 5.92 Å². The highest BCUT2D eigenvalue weighted by Crippen LogP contribution is 2.78. The average Bonchev–Trinajstić information content (AvgIpc) is 2.80. The van der Waals surface area contributed by atoms with Gasteiger partial charge in [-0.1, -0.05) is 51.1 Å². The molecule has 192 valence electrons. The number of fused-ring (bicyclic) bond motifs is 6. The molecular formula is C30H45N2O3+. The summed E-state index contributed by atoms with van der Waals surface area (Å²) in [6, 6.07) is 3.32. The Labute approximate surface area is 210 Å². The Bertz CT molecular complexity index is 1090. The van der Waals surface area contributed by atoms with Gasteiger partial charge in [0.15, 0.2) is 0 Å². The molecule has 0 aromatic carbocycles. The van der Waals surface area contributed by atoms with Crippen LogP contribution in [0.25, 0.3) is 4.85 Å². The number of carbonyl (C=O) groups is 1. The number of nitrogens with one attached hydrogen (secondary N) is 1. The van der Waals surface area contributed by atoms with Crippen molar-refractivity contribution in [3.05, 3.63) is 16.5 Å². The van der Waals surface area contributed by atoms with E-state index in [-0.39, 0.29) is 50.5 Å². The van der Waals surface area contributed by atoms with Crippen LogP contribution in [0.1, 0.15) is 106 Å². The van der Waals surface area contributed by atoms with Crippen LogP contribution in [-0.2, 0) is 4.79 Å². The lowest BCUT2D eigenvalue weighted by Gasteiger charge is -2.70. The third kappa shape index (κ3) is 2.45. The van der Waals surface area contributed by atoms with Crippen LogP contribution in [0, 0.1) is 50.4 Å². The maximum Gasteiger partial charge on any atom is 0.311 e. The smallest absolute Gasteiger partial charge is 0.311 e. The first-order valence-corrected chi connectivity index (χ1v) is 14.1. The van der Waals surface area contributed by atoms with Gasteiger partial charge in [0.1, 0.15) is 0 Å². The molecule has 0 aromatic heterocycles. The molecule has 1 heterocycles. The summed E-state index contributed by atoms with van der Waals surface area (Å²) in [7, 11) is 0. The van der Waals surface area contributed by atoms with Crippen molar-refractivity contribution in [2.75, 3.05) is 0 Å². The van der Waals surface area contributed by atoms with E-state index in [0.717, 1.165) is 64.2 Å². The first kappa shape index (κ1) is 24.0. The molecule has 5 nitrogen and oxygen atoms in total. The zero-order valence-corrected chi connectivity index (χ0v) is 22.6. The van der Waals surface area contributed by atoms with Gasteiger partial charge in [-0.05, 0) is 92.8 Å². The van der Waals surface area contributed by atoms with Gasteiger partial charge in [-0.25, -0.2) is 5.48 Å². The van der Waals surface area contributed by atoms with Gasteiger partial charge in [0.25, 0.3) is 6.07 Å². The molecule has 0 saturated heterocycles. The minimum absolute atomic E-state index is 0.0293. The second-order valence-electron chi connectivity index (χ2n) is 15.0. The van der Waals surface area contributed by atoms with Crippen LogP contribution in [0.5, 0.6) is 0 Å². The second kappa shape index (κ2) is 6.73. The molecule has 4 fully saturated rings. The third-order valence-electron chi connectivity index (χ3n) is 13.6. The Balaban J connectivity index is 1.47. The first-order valence-electron chi connectivity index (χ1n) is 14.1. The van der Waals surface area contributed by atoms with Gasteiger partial charge in [0, 0.05) is 6.42 Å². The normalized spacial score (nSPS) is 55.2. The van der Waals surface area contributed by atoms with Crippen molar-refractivity contribution in [1.29, 1.82) is 0 Å². The summed E-state index contributed by atoms with van der Waals surface area (Å²) in [6.07, 6.45) is 11.9. The van der Waals surface area contributed by atoms with E-state index in [1.165, 1.54) is 5.57 Å². The largest absolute Gasteiger partial charge is 0.391 e. The Morgan fingerprint density at radius 1 is 1.00 bits per heavy atom. The van der Waals surface area contributed by atoms with Gasteiger partial charge in [-0.2, -0.15) is 0 Å². The molecule has 1 aliphatic heterocycles. The zero-order chi connectivity index (χ0) is 25.3. The topological polar surface area (TPSA) is 73.9 Å². The van der Waals surface area contributed by atoms with Crippen molar-refractivity contribution in [2.24, 2.45) is 44.3 Å². The molecule has 1 amide bonds. The SMILES string of the molecule is CC1(C)CC[C@]2(C(=O)NO)CC[C@]3(C)C(=CC[C@@H]4[C@@]5(C)CC[C@H](O)[C@@]6(C)C#[N+][C@]65CC[C@]43C)[C@@H]2C1. The summed E-state index contributed by atoms with van der Waals surface area (Å²) < 4.78 is 0. The molecular weight excluding hydrogens is 436 g/mol. The van der Waals surface area contributed by atoms with Crippen molar-refractivity contribution < 1.29 is 15.1 Å². The number of carbonyl (C=O) groups excluding carboxylic acids is 1. The number of allylic oxidation sites excluding steroid dienone is 2. The third-order valence-corrected chi connectivity index (χ3v) is 13.6. The fourth-order valence-corrected chi connectivity index (χ4v) is 11.0. The fourth-order valence-electron chi connectivity index (χ4n) is 11.0. The van der Waals surface area contributed by atoms with E-state index in [4.69, 9.17) is 4.85 Å². The van der Waals surface area contributed by atoms with Crippen molar-refractivity contribution >= 4 is 5.91 Å². The van der Waals surface area contributed by atoms with Crippen LogP contribution >= 0.6 is 0 Å². The van der Waals surface area contributed by atoms with Crippen molar-refractivity contribution in [3.8, 4) is 6.07 Å². The maximum absolute atomic E-state index is 13.2. The number of hydrogen-bond acceptors (Lipinski definition) is 3. The minimum Gasteiger partial charge on any atom is -0.391 e. The van der Waals surface area contributed by atoms with Crippen LogP contribution in [0.15, 0.2) is 11.6 Å². The van der Waals surface area contributed by atoms with E-state index in [1.807, 2.05) is 0 Å². The van der Waals surface area contributed by atoms with Crippen LogP contribution < -0.4 is 5.48 Å². The Morgan fingerprint density at radius 3 is 2.37 bits per heavy atom. The van der Waals surface area contributed by atoms with Gasteiger partial charge in [-0.15, -0.1) is 0 Å². The van der Waals surface area contributed by atoms with Crippen LogP contribution in [0.4, 0.5) is 0 Å². The number of aliphatic hydroxyl groups excluding tert-OH is 1. The van der Waals surface area contributed by atoms with Gasteiger partial charge >= 0.3 is 5.54 Å². The van der Waals surface area contributed by atoms with E-state index in [1.54, 1.807) is 0 Å². The first-order chi connectivity index (χ1) is 16.3. The number of amides is 1. The van der Waals surface area contributed by atoms with Crippen molar-refractivity contribution in [2.45, 2.75) is 117 Å². The van der Waals surface area contributed by atoms with Gasteiger partial charge < -0.3 is 5.11 Å². The van der Waals surface area contributed by atoms with E-state index >= 15 is 0 Å². The molecule has 0 unspecified atom stereocenters. The summed E-state index contributed by atoms with van der Waals surface area (Å²) in [4.78, 5) is 18.2. The summed E-state index contributed by atoms with van der Waals surface area (Å²) in [5.74, 6) is 0.511. The molecule has 0 bridgehead atoms. The molecule has 6 aliphatic rings. The molecule has 6 rings (SSSR count). The van der Waals surface area contributed by atoms with E-state index in [9.17, 15) is 15.1 Å². The highest BCUT2D eigenvalue weighted by molar-refractivity contribution is 5.83. The lowest BCUT2D eigenvalue weighted by Crippen LogP contribution is -2.74. The summed E-state index contributed by atoms with van der Waals surface area (Å²) in [5, 5.41) is 20.8. The molecule has 0 aromatic rings. The predicted octanol–water partition coefficient (Wildman–Crippen LogP) is 6.10. The minimum atomic E-state index is -0.487. The molecule has 9 atom stereocenters. The Morgan fingerprint density at radius 2 is 1.71 bits per heavy atom. The lowest BCUT2D eigenvalue weighted by atomic mass is 9.31. The molecule has 0 radical (unpaired) electrons.